The molecule has 5 heteroatoms. The molecule has 1 atom stereocenters. The summed E-state index contributed by atoms with van der Waals surface area (Å²) in [5, 5.41) is 10.8. The Morgan fingerprint density at radius 1 is 1.29 bits per heavy atom. The Morgan fingerprint density at radius 3 is 2.52 bits per heavy atom. The maximum Gasteiger partial charge on any atom is 0.205 e. The average molecular weight is 290 g/mol. The topological polar surface area (TPSA) is 61.1 Å². The Morgan fingerprint density at radius 2 is 1.95 bits per heavy atom. The Hall–Kier alpha value is -2.30. The van der Waals surface area contributed by atoms with Crippen molar-refractivity contribution in [3.05, 3.63) is 23.5 Å². The van der Waals surface area contributed by atoms with Crippen LogP contribution in [0.5, 0.6) is 23.0 Å². The predicted octanol–water partition coefficient (Wildman–Crippen LogP) is 3.34. The number of methoxy groups -OCH3 is 2. The molecule has 0 spiro atoms. The minimum atomic E-state index is -0.127. The third-order valence-corrected chi connectivity index (χ3v) is 3.85. The van der Waals surface area contributed by atoms with E-state index in [9.17, 15) is 5.11 Å². The zero-order chi connectivity index (χ0) is 15.3. The van der Waals surface area contributed by atoms with E-state index in [-0.39, 0.29) is 11.9 Å². The van der Waals surface area contributed by atoms with E-state index >= 15 is 0 Å². The minimum absolute atomic E-state index is 0.0710. The summed E-state index contributed by atoms with van der Waals surface area (Å²) in [6, 6.07) is 0. The van der Waals surface area contributed by atoms with Crippen molar-refractivity contribution in [2.75, 3.05) is 14.2 Å². The summed E-state index contributed by atoms with van der Waals surface area (Å²) in [7, 11) is 3.12. The van der Waals surface area contributed by atoms with Crippen LogP contribution in [0.2, 0.25) is 0 Å². The van der Waals surface area contributed by atoms with Crippen LogP contribution < -0.4 is 14.2 Å². The Kier molecular flexibility index (Phi) is 3.01. The van der Waals surface area contributed by atoms with E-state index in [1.807, 2.05) is 6.92 Å². The van der Waals surface area contributed by atoms with Gasteiger partial charge >= 0.3 is 0 Å². The molecule has 0 bridgehead atoms. The summed E-state index contributed by atoms with van der Waals surface area (Å²) >= 11 is 0. The maximum absolute atomic E-state index is 10.2. The smallest absolute Gasteiger partial charge is 0.205 e. The van der Waals surface area contributed by atoms with Gasteiger partial charge in [-0.05, 0) is 19.4 Å². The van der Waals surface area contributed by atoms with Gasteiger partial charge in [0, 0.05) is 12.0 Å². The molecule has 3 rings (SSSR count). The lowest BCUT2D eigenvalue weighted by molar-refractivity contribution is 0.258. The molecule has 1 unspecified atom stereocenters. The number of hydrogen-bond donors (Lipinski definition) is 1. The molecule has 112 valence electrons. The van der Waals surface area contributed by atoms with Crippen molar-refractivity contribution >= 4 is 11.0 Å². The second kappa shape index (κ2) is 4.62. The zero-order valence-electron chi connectivity index (χ0n) is 12.6. The van der Waals surface area contributed by atoms with Crippen LogP contribution >= 0.6 is 0 Å². The molecule has 2 aromatic rings. The van der Waals surface area contributed by atoms with E-state index in [1.165, 1.54) is 0 Å². The van der Waals surface area contributed by atoms with Crippen molar-refractivity contribution < 1.29 is 23.7 Å². The molecule has 5 nitrogen and oxygen atoms in total. The van der Waals surface area contributed by atoms with Crippen molar-refractivity contribution in [1.82, 2.24) is 0 Å². The zero-order valence-corrected chi connectivity index (χ0v) is 12.6. The van der Waals surface area contributed by atoms with Gasteiger partial charge in [0.1, 0.15) is 23.0 Å². The number of fused-ring (bicyclic) bond motifs is 2. The Balaban J connectivity index is 2.36. The van der Waals surface area contributed by atoms with Crippen LogP contribution in [0.3, 0.4) is 0 Å². The molecule has 0 amide bonds. The Labute approximate surface area is 122 Å². The second-order valence-electron chi connectivity index (χ2n) is 5.24. The van der Waals surface area contributed by atoms with Crippen LogP contribution in [-0.4, -0.2) is 25.4 Å². The summed E-state index contributed by atoms with van der Waals surface area (Å²) in [5.41, 5.74) is 2.23. The van der Waals surface area contributed by atoms with Gasteiger partial charge in [-0.15, -0.1) is 0 Å². The fraction of sp³-hybridized carbons (Fsp3) is 0.375. The van der Waals surface area contributed by atoms with Gasteiger partial charge in [0.25, 0.3) is 0 Å². The van der Waals surface area contributed by atoms with Crippen LogP contribution in [0.4, 0.5) is 0 Å². The third kappa shape index (κ3) is 1.77. The summed E-state index contributed by atoms with van der Waals surface area (Å²) < 4.78 is 22.5. The van der Waals surface area contributed by atoms with Gasteiger partial charge in [-0.25, -0.2) is 0 Å². The summed E-state index contributed by atoms with van der Waals surface area (Å²) in [4.78, 5) is 0. The SMILES string of the molecule is C=C(C)C1Cc2c(c(OC)c3oc(C)c(O)c3c2OC)O1. The molecule has 1 aromatic heterocycles. The first kappa shape index (κ1) is 13.7. The fourth-order valence-electron chi connectivity index (χ4n) is 2.77. The van der Waals surface area contributed by atoms with Gasteiger partial charge in [-0.3, -0.25) is 0 Å². The number of aryl methyl sites for hydroxylation is 1. The van der Waals surface area contributed by atoms with E-state index in [0.29, 0.717) is 40.4 Å². The van der Waals surface area contributed by atoms with E-state index in [2.05, 4.69) is 6.58 Å². The molecular weight excluding hydrogens is 272 g/mol. The first-order chi connectivity index (χ1) is 9.99. The molecule has 2 heterocycles. The number of aromatic hydroxyl groups is 1. The number of ether oxygens (including phenoxy) is 3. The molecule has 0 aliphatic carbocycles. The largest absolute Gasteiger partial charge is 0.504 e. The highest BCUT2D eigenvalue weighted by Gasteiger charge is 2.35. The fourth-order valence-corrected chi connectivity index (χ4v) is 2.77. The standard InChI is InChI=1S/C16H18O5/c1-7(2)10-6-9-13(18-4)11-12(17)8(3)20-15(11)16(19-5)14(9)21-10/h10,17H,1,6H2,2-5H3. The quantitative estimate of drug-likeness (QED) is 0.878. The second-order valence-corrected chi connectivity index (χ2v) is 5.24. The average Bonchev–Trinajstić information content (AvgIpc) is 3.00. The highest BCUT2D eigenvalue weighted by atomic mass is 16.5. The van der Waals surface area contributed by atoms with Crippen molar-refractivity contribution in [3.8, 4) is 23.0 Å². The van der Waals surface area contributed by atoms with Crippen LogP contribution in [0.1, 0.15) is 18.2 Å². The number of rotatable bonds is 3. The normalized spacial score (nSPS) is 16.7. The number of furan rings is 1. The first-order valence-corrected chi connectivity index (χ1v) is 6.70. The van der Waals surface area contributed by atoms with Crippen molar-refractivity contribution in [3.63, 3.8) is 0 Å². The molecule has 0 saturated carbocycles. The molecule has 0 fully saturated rings. The molecule has 0 radical (unpaired) electrons. The lowest BCUT2D eigenvalue weighted by Crippen LogP contribution is -2.13. The third-order valence-electron chi connectivity index (χ3n) is 3.85. The van der Waals surface area contributed by atoms with E-state index in [1.54, 1.807) is 21.1 Å². The van der Waals surface area contributed by atoms with Gasteiger partial charge in [-0.1, -0.05) is 6.58 Å². The molecular formula is C16H18O5. The van der Waals surface area contributed by atoms with Crippen molar-refractivity contribution in [2.45, 2.75) is 26.4 Å². The van der Waals surface area contributed by atoms with Gasteiger partial charge < -0.3 is 23.7 Å². The van der Waals surface area contributed by atoms with Crippen molar-refractivity contribution in [2.24, 2.45) is 0 Å². The van der Waals surface area contributed by atoms with Gasteiger partial charge in [0.2, 0.25) is 5.75 Å². The van der Waals surface area contributed by atoms with Crippen LogP contribution in [0.25, 0.3) is 11.0 Å². The van der Waals surface area contributed by atoms with E-state index < -0.39 is 0 Å². The first-order valence-electron chi connectivity index (χ1n) is 6.70. The molecule has 0 saturated heterocycles. The molecule has 1 N–H and O–H groups in total. The van der Waals surface area contributed by atoms with E-state index in [4.69, 9.17) is 18.6 Å². The summed E-state index contributed by atoms with van der Waals surface area (Å²) in [6.45, 7) is 7.55. The molecule has 21 heavy (non-hydrogen) atoms. The van der Waals surface area contributed by atoms with Crippen LogP contribution in [-0.2, 0) is 6.42 Å². The number of benzene rings is 1. The van der Waals surface area contributed by atoms with Gasteiger partial charge in [0.05, 0.1) is 14.2 Å². The van der Waals surface area contributed by atoms with Gasteiger partial charge in [-0.2, -0.15) is 0 Å². The van der Waals surface area contributed by atoms with Crippen LogP contribution in [0.15, 0.2) is 16.6 Å². The molecule has 1 aromatic carbocycles. The molecule has 1 aliphatic heterocycles. The van der Waals surface area contributed by atoms with Gasteiger partial charge in [0.15, 0.2) is 17.1 Å². The lowest BCUT2D eigenvalue weighted by atomic mass is 10.0. The highest BCUT2D eigenvalue weighted by Crippen LogP contribution is 2.53. The maximum atomic E-state index is 10.2. The Bertz CT molecular complexity index is 741. The van der Waals surface area contributed by atoms with Crippen LogP contribution in [0, 0.1) is 6.92 Å². The number of hydrogen-bond acceptors (Lipinski definition) is 5. The summed E-state index contributed by atoms with van der Waals surface area (Å²) in [5.74, 6) is 2.14. The predicted molar refractivity (Wildman–Crippen MR) is 78.7 cm³/mol. The molecule has 1 aliphatic rings. The van der Waals surface area contributed by atoms with E-state index in [0.717, 1.165) is 11.1 Å². The summed E-state index contributed by atoms with van der Waals surface area (Å²) in [6.07, 6.45) is 0.502. The highest BCUT2D eigenvalue weighted by molar-refractivity contribution is 5.99. The monoisotopic (exact) mass is 290 g/mol. The van der Waals surface area contributed by atoms with Crippen molar-refractivity contribution in [1.29, 1.82) is 0 Å². The lowest BCUT2D eigenvalue weighted by Gasteiger charge is -2.12. The minimum Gasteiger partial charge on any atom is -0.504 e.